The van der Waals surface area contributed by atoms with Gasteiger partial charge in [0.2, 0.25) is 5.91 Å². The lowest BCUT2D eigenvalue weighted by molar-refractivity contribution is -0.144. The maximum Gasteiger partial charge on any atom is 0.309 e. The van der Waals surface area contributed by atoms with Gasteiger partial charge in [0.15, 0.2) is 0 Å². The fourth-order valence-electron chi connectivity index (χ4n) is 3.92. The highest BCUT2D eigenvalue weighted by Crippen LogP contribution is 2.37. The third-order valence-electron chi connectivity index (χ3n) is 5.36. The molecule has 24 heavy (non-hydrogen) atoms. The van der Waals surface area contributed by atoms with Crippen molar-refractivity contribution in [1.82, 2.24) is 10.2 Å². The van der Waals surface area contributed by atoms with Gasteiger partial charge in [-0.1, -0.05) is 13.3 Å². The van der Waals surface area contributed by atoms with Gasteiger partial charge in [0.25, 0.3) is 0 Å². The number of carbonyl (C=O) groups excluding carboxylic acids is 1. The van der Waals surface area contributed by atoms with Crippen LogP contribution in [0.15, 0.2) is 12.1 Å². The number of amides is 1. The van der Waals surface area contributed by atoms with E-state index >= 15 is 0 Å². The molecule has 0 unspecified atom stereocenters. The Morgan fingerprint density at radius 1 is 1.38 bits per heavy atom. The maximum atomic E-state index is 11.7. The molecule has 2 saturated heterocycles. The second-order valence-electron chi connectivity index (χ2n) is 7.05. The van der Waals surface area contributed by atoms with Crippen LogP contribution in [-0.4, -0.2) is 40.5 Å². The van der Waals surface area contributed by atoms with Gasteiger partial charge in [-0.2, -0.15) is 0 Å². The molecule has 0 radical (unpaired) electrons. The van der Waals surface area contributed by atoms with Gasteiger partial charge < -0.3 is 10.4 Å². The molecule has 0 aromatic carbocycles. The van der Waals surface area contributed by atoms with Gasteiger partial charge in [0.05, 0.1) is 11.5 Å². The summed E-state index contributed by atoms with van der Waals surface area (Å²) in [4.78, 5) is 28.4. The highest BCUT2D eigenvalue weighted by molar-refractivity contribution is 7.11. The van der Waals surface area contributed by atoms with Crippen LogP contribution in [0.4, 0.5) is 0 Å². The third kappa shape index (κ3) is 3.64. The number of aliphatic carboxylic acids is 1. The molecule has 1 aromatic rings. The molecule has 1 aromatic heterocycles. The van der Waals surface area contributed by atoms with Gasteiger partial charge in [0.1, 0.15) is 0 Å². The molecule has 2 aliphatic heterocycles. The number of unbranched alkanes of at least 4 members (excludes halogenated alkanes) is 1. The number of rotatable bonds is 6. The minimum absolute atomic E-state index is 0.116. The number of hydrogen-bond acceptors (Lipinski definition) is 4. The fourth-order valence-corrected chi connectivity index (χ4v) is 5.02. The molecule has 0 aliphatic carbocycles. The number of piperidine rings is 1. The predicted octanol–water partition coefficient (Wildman–Crippen LogP) is 2.65. The van der Waals surface area contributed by atoms with E-state index in [9.17, 15) is 14.7 Å². The topological polar surface area (TPSA) is 69.6 Å². The summed E-state index contributed by atoms with van der Waals surface area (Å²) in [6, 6.07) is 4.45. The van der Waals surface area contributed by atoms with Crippen LogP contribution >= 0.6 is 11.3 Å². The molecule has 132 valence electrons. The molecule has 2 aliphatic rings. The Morgan fingerprint density at radius 3 is 2.75 bits per heavy atom. The fraction of sp³-hybridized carbons (Fsp3) is 0.667. The lowest BCUT2D eigenvalue weighted by atomic mass is 9.78. The second-order valence-corrected chi connectivity index (χ2v) is 8.30. The van der Waals surface area contributed by atoms with E-state index in [0.717, 1.165) is 38.9 Å². The van der Waals surface area contributed by atoms with Gasteiger partial charge in [-0.15, -0.1) is 11.3 Å². The van der Waals surface area contributed by atoms with E-state index in [2.05, 4.69) is 29.3 Å². The van der Waals surface area contributed by atoms with Crippen molar-refractivity contribution in [1.29, 1.82) is 0 Å². The highest BCUT2D eigenvalue weighted by Gasteiger charge is 2.51. The van der Waals surface area contributed by atoms with Crippen LogP contribution in [0.5, 0.6) is 0 Å². The van der Waals surface area contributed by atoms with Gasteiger partial charge in [-0.25, -0.2) is 0 Å². The molecule has 3 heterocycles. The molecule has 2 fully saturated rings. The first-order valence-corrected chi connectivity index (χ1v) is 9.68. The van der Waals surface area contributed by atoms with E-state index in [1.54, 1.807) is 0 Å². The molecule has 0 saturated carbocycles. The van der Waals surface area contributed by atoms with Crippen molar-refractivity contribution in [2.75, 3.05) is 13.1 Å². The number of hydrogen-bond donors (Lipinski definition) is 2. The zero-order valence-corrected chi connectivity index (χ0v) is 15.0. The Balaban J connectivity index is 1.56. The molecule has 1 amide bonds. The quantitative estimate of drug-likeness (QED) is 0.827. The number of nitrogens with zero attached hydrogens (tertiary/aromatic N) is 1. The van der Waals surface area contributed by atoms with Crippen LogP contribution in [0.2, 0.25) is 0 Å². The van der Waals surface area contributed by atoms with Crippen LogP contribution in [0.1, 0.15) is 48.8 Å². The van der Waals surface area contributed by atoms with Crippen molar-refractivity contribution in [2.24, 2.45) is 5.92 Å². The molecule has 0 bridgehead atoms. The predicted molar refractivity (Wildman–Crippen MR) is 94.1 cm³/mol. The van der Waals surface area contributed by atoms with E-state index in [1.807, 2.05) is 11.3 Å². The monoisotopic (exact) mass is 350 g/mol. The number of likely N-dealkylation sites (tertiary alicyclic amines) is 1. The van der Waals surface area contributed by atoms with Crippen molar-refractivity contribution < 1.29 is 14.7 Å². The van der Waals surface area contributed by atoms with E-state index in [-0.39, 0.29) is 12.3 Å². The number of carboxylic acids is 1. The van der Waals surface area contributed by atoms with E-state index in [1.165, 1.54) is 22.6 Å². The van der Waals surface area contributed by atoms with Gasteiger partial charge in [0, 0.05) is 35.8 Å². The Bertz CT molecular complexity index is 605. The number of carbonyl (C=O) groups is 2. The first-order valence-electron chi connectivity index (χ1n) is 8.86. The van der Waals surface area contributed by atoms with Crippen LogP contribution in [0.3, 0.4) is 0 Å². The smallest absolute Gasteiger partial charge is 0.309 e. The van der Waals surface area contributed by atoms with Crippen molar-refractivity contribution in [3.63, 3.8) is 0 Å². The second kappa shape index (κ2) is 7.23. The highest BCUT2D eigenvalue weighted by atomic mass is 32.1. The van der Waals surface area contributed by atoms with E-state index in [0.29, 0.717) is 0 Å². The van der Waals surface area contributed by atoms with Crippen molar-refractivity contribution in [3.05, 3.63) is 21.9 Å². The molecule has 6 heteroatoms. The molecule has 5 nitrogen and oxygen atoms in total. The largest absolute Gasteiger partial charge is 0.481 e. The summed E-state index contributed by atoms with van der Waals surface area (Å²) in [5.74, 6) is -1.54. The van der Waals surface area contributed by atoms with Crippen LogP contribution in [0.25, 0.3) is 0 Å². The minimum Gasteiger partial charge on any atom is -0.481 e. The number of aryl methyl sites for hydroxylation is 1. The van der Waals surface area contributed by atoms with Crippen molar-refractivity contribution in [2.45, 2.75) is 57.5 Å². The SMILES string of the molecule is CCCCc1ccc(CN2CCC3(CC2)NC(=O)C[C@@H]3C(=O)O)s1. The first-order chi connectivity index (χ1) is 11.5. The number of carboxylic acid groups (broad SMARTS) is 1. The average molecular weight is 350 g/mol. The van der Waals surface area contributed by atoms with Crippen LogP contribution in [0, 0.1) is 5.92 Å². The molecule has 1 spiro atoms. The summed E-state index contributed by atoms with van der Waals surface area (Å²) in [7, 11) is 0. The summed E-state index contributed by atoms with van der Waals surface area (Å²) in [5, 5.41) is 12.4. The maximum absolute atomic E-state index is 11.7. The normalized spacial score (nSPS) is 23.5. The zero-order chi connectivity index (χ0) is 17.2. The van der Waals surface area contributed by atoms with Crippen LogP contribution < -0.4 is 5.32 Å². The summed E-state index contributed by atoms with van der Waals surface area (Å²) < 4.78 is 0. The lowest BCUT2D eigenvalue weighted by Crippen LogP contribution is -2.55. The Labute approximate surface area is 147 Å². The van der Waals surface area contributed by atoms with Crippen LogP contribution in [-0.2, 0) is 22.6 Å². The van der Waals surface area contributed by atoms with Gasteiger partial charge in [-0.05, 0) is 37.8 Å². The molecule has 2 N–H and O–H groups in total. The van der Waals surface area contributed by atoms with E-state index < -0.39 is 17.4 Å². The van der Waals surface area contributed by atoms with Gasteiger partial charge in [-0.3, -0.25) is 14.5 Å². The van der Waals surface area contributed by atoms with Gasteiger partial charge >= 0.3 is 5.97 Å². The molecule has 3 rings (SSSR count). The summed E-state index contributed by atoms with van der Waals surface area (Å²) in [5.41, 5.74) is -0.527. The van der Waals surface area contributed by atoms with Crippen molar-refractivity contribution >= 4 is 23.2 Å². The third-order valence-corrected chi connectivity index (χ3v) is 6.49. The number of nitrogens with one attached hydrogen (secondary N) is 1. The minimum atomic E-state index is -0.847. The zero-order valence-electron chi connectivity index (χ0n) is 14.2. The summed E-state index contributed by atoms with van der Waals surface area (Å²) >= 11 is 1.89. The van der Waals surface area contributed by atoms with E-state index in [4.69, 9.17) is 0 Å². The summed E-state index contributed by atoms with van der Waals surface area (Å²) in [6.07, 6.45) is 5.20. The lowest BCUT2D eigenvalue weighted by Gasteiger charge is -2.41. The molecule has 1 atom stereocenters. The Hall–Kier alpha value is -1.40. The first kappa shape index (κ1) is 17.4. The number of thiophene rings is 1. The standard InChI is InChI=1S/C18H26N2O3S/c1-2-3-4-13-5-6-14(24-13)12-20-9-7-18(8-10-20)15(17(22)23)11-16(21)19-18/h5-6,15H,2-4,7-12H2,1H3,(H,19,21)(H,22,23)/t15-/m1/s1. The Morgan fingerprint density at radius 2 is 2.08 bits per heavy atom. The average Bonchev–Trinajstić information content (AvgIpc) is 3.12. The molecular formula is C18H26N2O3S. The van der Waals surface area contributed by atoms with Crippen molar-refractivity contribution in [3.8, 4) is 0 Å². The Kier molecular flexibility index (Phi) is 5.25. The molecular weight excluding hydrogens is 324 g/mol. The summed E-state index contributed by atoms with van der Waals surface area (Å²) in [6.45, 7) is 4.82.